The molecule has 0 aliphatic rings. The lowest BCUT2D eigenvalue weighted by atomic mass is 10.3. The number of para-hydroxylation sites is 2. The molecule has 0 fully saturated rings. The summed E-state index contributed by atoms with van der Waals surface area (Å²) in [5.41, 5.74) is 5.60. The summed E-state index contributed by atoms with van der Waals surface area (Å²) in [6, 6.07) is 7.02. The zero-order valence-electron chi connectivity index (χ0n) is 12.5. The van der Waals surface area contributed by atoms with Gasteiger partial charge in [-0.2, -0.15) is 0 Å². The van der Waals surface area contributed by atoms with Gasteiger partial charge in [-0.15, -0.1) is 12.4 Å². The Labute approximate surface area is 135 Å². The van der Waals surface area contributed by atoms with Gasteiger partial charge in [0, 0.05) is 13.7 Å². The van der Waals surface area contributed by atoms with E-state index in [2.05, 4.69) is 10.6 Å². The molecule has 1 aromatic rings. The first-order chi connectivity index (χ1) is 10.1. The predicted octanol–water partition coefficient (Wildman–Crippen LogP) is 0.537. The van der Waals surface area contributed by atoms with Gasteiger partial charge < -0.3 is 25.8 Å². The largest absolute Gasteiger partial charge is 0.491 e. The second-order valence-corrected chi connectivity index (χ2v) is 4.28. The van der Waals surface area contributed by atoms with E-state index in [1.807, 2.05) is 0 Å². The summed E-state index contributed by atoms with van der Waals surface area (Å²) in [6.45, 7) is 1.49. The smallest absolute Gasteiger partial charge is 0.238 e. The number of nitrogens with two attached hydrogens (primary N) is 1. The summed E-state index contributed by atoms with van der Waals surface area (Å²) in [7, 11) is 1.60. The lowest BCUT2D eigenvalue weighted by Gasteiger charge is -2.12. The molecule has 7 nitrogen and oxygen atoms in total. The van der Waals surface area contributed by atoms with E-state index in [-0.39, 0.29) is 37.9 Å². The van der Waals surface area contributed by atoms with Crippen molar-refractivity contribution in [3.63, 3.8) is 0 Å². The number of rotatable bonds is 10. The Balaban J connectivity index is 0.00000441. The van der Waals surface area contributed by atoms with Crippen LogP contribution in [0.1, 0.15) is 6.42 Å². The summed E-state index contributed by atoms with van der Waals surface area (Å²) in [5, 5.41) is 5.69. The summed E-state index contributed by atoms with van der Waals surface area (Å²) in [4.78, 5) is 22.4. The minimum Gasteiger partial charge on any atom is -0.491 e. The molecule has 0 saturated carbocycles. The number of hydrogen-bond donors (Lipinski definition) is 3. The Hall–Kier alpha value is -1.83. The number of benzene rings is 1. The van der Waals surface area contributed by atoms with E-state index in [9.17, 15) is 9.59 Å². The van der Waals surface area contributed by atoms with E-state index >= 15 is 0 Å². The number of amides is 2. The highest BCUT2D eigenvalue weighted by atomic mass is 35.5. The van der Waals surface area contributed by atoms with Crippen LogP contribution >= 0.6 is 12.4 Å². The molecule has 0 aliphatic heterocycles. The van der Waals surface area contributed by atoms with Crippen molar-refractivity contribution < 1.29 is 19.1 Å². The molecule has 1 aromatic carbocycles. The molecule has 22 heavy (non-hydrogen) atoms. The first-order valence-electron chi connectivity index (χ1n) is 6.63. The lowest BCUT2D eigenvalue weighted by Crippen LogP contribution is -2.30. The number of ether oxygens (including phenoxy) is 2. The zero-order chi connectivity index (χ0) is 15.5. The van der Waals surface area contributed by atoms with Crippen molar-refractivity contribution in [1.82, 2.24) is 5.32 Å². The highest BCUT2D eigenvalue weighted by Crippen LogP contribution is 2.23. The van der Waals surface area contributed by atoms with E-state index in [4.69, 9.17) is 15.2 Å². The Morgan fingerprint density at radius 3 is 2.64 bits per heavy atom. The highest BCUT2D eigenvalue weighted by molar-refractivity contribution is 5.93. The van der Waals surface area contributed by atoms with E-state index in [1.54, 1.807) is 31.4 Å². The van der Waals surface area contributed by atoms with E-state index in [1.165, 1.54) is 0 Å². The van der Waals surface area contributed by atoms with Crippen molar-refractivity contribution in [3.8, 4) is 5.75 Å². The van der Waals surface area contributed by atoms with Gasteiger partial charge in [0.25, 0.3) is 0 Å². The average Bonchev–Trinajstić information content (AvgIpc) is 2.45. The van der Waals surface area contributed by atoms with Crippen LogP contribution in [-0.2, 0) is 14.3 Å². The molecule has 0 bridgehead atoms. The Morgan fingerprint density at radius 1 is 1.23 bits per heavy atom. The maximum Gasteiger partial charge on any atom is 0.238 e. The second-order valence-electron chi connectivity index (χ2n) is 4.28. The molecule has 0 spiro atoms. The van der Waals surface area contributed by atoms with Crippen LogP contribution in [0.4, 0.5) is 5.69 Å². The molecule has 8 heteroatoms. The van der Waals surface area contributed by atoms with Crippen LogP contribution in [0, 0.1) is 0 Å². The molecular weight excluding hydrogens is 310 g/mol. The van der Waals surface area contributed by atoms with Crippen molar-refractivity contribution in [3.05, 3.63) is 24.3 Å². The minimum absolute atomic E-state index is 0. The molecule has 0 aromatic heterocycles. The highest BCUT2D eigenvalue weighted by Gasteiger charge is 2.07. The fraction of sp³-hybridized carbons (Fsp3) is 0.429. The quantitative estimate of drug-likeness (QED) is 0.543. The SMILES string of the molecule is COCCNCC(=O)Nc1ccccc1OCCC(N)=O.Cl. The standard InChI is InChI=1S/C14H21N3O4.ClH/c1-20-9-7-16-10-14(19)17-11-4-2-3-5-12(11)21-8-6-13(15)18;/h2-5,16H,6-10H2,1H3,(H2,15,18)(H,17,19);1H. The molecule has 1 rings (SSSR count). The number of halogens is 1. The molecule has 0 aliphatic carbocycles. The number of hydrogen-bond acceptors (Lipinski definition) is 5. The van der Waals surface area contributed by atoms with E-state index in [0.29, 0.717) is 24.6 Å². The maximum atomic E-state index is 11.8. The monoisotopic (exact) mass is 331 g/mol. The van der Waals surface area contributed by atoms with Crippen LogP contribution in [-0.4, -0.2) is 45.2 Å². The minimum atomic E-state index is -0.432. The topological polar surface area (TPSA) is 103 Å². The van der Waals surface area contributed by atoms with Crippen molar-refractivity contribution in [2.45, 2.75) is 6.42 Å². The number of primary amides is 1. The van der Waals surface area contributed by atoms with Crippen LogP contribution < -0.4 is 21.1 Å². The number of carbonyl (C=O) groups is 2. The van der Waals surface area contributed by atoms with Gasteiger partial charge in [-0.1, -0.05) is 12.1 Å². The lowest BCUT2D eigenvalue weighted by molar-refractivity contribution is -0.118. The molecule has 4 N–H and O–H groups in total. The average molecular weight is 332 g/mol. The van der Waals surface area contributed by atoms with Crippen molar-refractivity contribution in [2.75, 3.05) is 38.7 Å². The number of carbonyl (C=O) groups excluding carboxylic acids is 2. The number of methoxy groups -OCH3 is 1. The maximum absolute atomic E-state index is 11.8. The predicted molar refractivity (Wildman–Crippen MR) is 86.4 cm³/mol. The first-order valence-corrected chi connectivity index (χ1v) is 6.63. The van der Waals surface area contributed by atoms with Crippen LogP contribution in [0.5, 0.6) is 5.75 Å². The van der Waals surface area contributed by atoms with Crippen LogP contribution in [0.2, 0.25) is 0 Å². The molecule has 124 valence electrons. The summed E-state index contributed by atoms with van der Waals surface area (Å²) in [6.07, 6.45) is 0.126. The molecule has 0 saturated heterocycles. The third-order valence-electron chi connectivity index (χ3n) is 2.54. The van der Waals surface area contributed by atoms with Crippen LogP contribution in [0.25, 0.3) is 0 Å². The Morgan fingerprint density at radius 2 is 1.95 bits per heavy atom. The first kappa shape index (κ1) is 20.2. The van der Waals surface area contributed by atoms with Crippen molar-refractivity contribution in [1.29, 1.82) is 0 Å². The normalized spacial score (nSPS) is 9.68. The van der Waals surface area contributed by atoms with E-state index < -0.39 is 5.91 Å². The summed E-state index contributed by atoms with van der Waals surface area (Å²) >= 11 is 0. The molecule has 0 unspecified atom stereocenters. The number of nitrogens with one attached hydrogen (secondary N) is 2. The fourth-order valence-corrected chi connectivity index (χ4v) is 1.53. The summed E-state index contributed by atoms with van der Waals surface area (Å²) < 4.78 is 10.3. The fourth-order valence-electron chi connectivity index (χ4n) is 1.53. The van der Waals surface area contributed by atoms with Crippen molar-refractivity contribution in [2.24, 2.45) is 5.73 Å². The van der Waals surface area contributed by atoms with Gasteiger partial charge in [0.2, 0.25) is 11.8 Å². The van der Waals surface area contributed by atoms with E-state index in [0.717, 1.165) is 0 Å². The Bertz CT molecular complexity index is 471. The summed E-state index contributed by atoms with van der Waals surface area (Å²) in [5.74, 6) is -0.111. The van der Waals surface area contributed by atoms with Crippen LogP contribution in [0.15, 0.2) is 24.3 Å². The second kappa shape index (κ2) is 11.8. The zero-order valence-corrected chi connectivity index (χ0v) is 13.3. The van der Waals surface area contributed by atoms with Gasteiger partial charge in [0.15, 0.2) is 0 Å². The van der Waals surface area contributed by atoms with Gasteiger partial charge in [0.1, 0.15) is 5.75 Å². The third kappa shape index (κ3) is 8.46. The molecule has 2 amide bonds. The van der Waals surface area contributed by atoms with Crippen LogP contribution in [0.3, 0.4) is 0 Å². The van der Waals surface area contributed by atoms with Gasteiger partial charge in [-0.05, 0) is 12.1 Å². The van der Waals surface area contributed by atoms with Gasteiger partial charge in [-0.25, -0.2) is 0 Å². The molecule has 0 radical (unpaired) electrons. The number of anilines is 1. The molecule has 0 heterocycles. The van der Waals surface area contributed by atoms with Gasteiger partial charge in [-0.3, -0.25) is 9.59 Å². The Kier molecular flexibility index (Phi) is 10.8. The van der Waals surface area contributed by atoms with Gasteiger partial charge >= 0.3 is 0 Å². The molecule has 0 atom stereocenters. The molecular formula is C14H22ClN3O4. The third-order valence-corrected chi connectivity index (χ3v) is 2.54. The van der Waals surface area contributed by atoms with Gasteiger partial charge in [0.05, 0.1) is 31.9 Å². The van der Waals surface area contributed by atoms with Crippen molar-refractivity contribution >= 4 is 29.9 Å².